The van der Waals surface area contributed by atoms with Crippen LogP contribution in [0.4, 0.5) is 0 Å². The first-order chi connectivity index (χ1) is 14.2. The summed E-state index contributed by atoms with van der Waals surface area (Å²) in [4.78, 5) is 29.0. The second kappa shape index (κ2) is 8.55. The minimum atomic E-state index is -0.0917. The number of aromatic nitrogens is 2. The van der Waals surface area contributed by atoms with Crippen molar-refractivity contribution in [3.8, 4) is 11.5 Å². The third-order valence-corrected chi connectivity index (χ3v) is 5.55. The van der Waals surface area contributed by atoms with Crippen molar-refractivity contribution >= 4 is 11.8 Å². The van der Waals surface area contributed by atoms with Crippen LogP contribution in [-0.4, -0.2) is 71.3 Å². The molecule has 0 bridgehead atoms. The highest BCUT2D eigenvalue weighted by molar-refractivity contribution is 5.95. The van der Waals surface area contributed by atoms with E-state index < -0.39 is 0 Å². The molecular formula is C21H26N4O4. The number of carbonyl (C=O) groups excluding carboxylic acids is 2. The number of amides is 2. The maximum Gasteiger partial charge on any atom is 0.260 e. The SMILES string of the molecule is COc1ccccc1OCC(=O)N1CCN(C(=O)c2cnn3c2CCCC3)CC1. The number of carbonyl (C=O) groups is 2. The lowest BCUT2D eigenvalue weighted by atomic mass is 10.1. The number of ether oxygens (including phenoxy) is 2. The molecule has 0 radical (unpaired) electrons. The van der Waals surface area contributed by atoms with E-state index in [1.165, 1.54) is 0 Å². The maximum atomic E-state index is 12.9. The lowest BCUT2D eigenvalue weighted by molar-refractivity contribution is -0.134. The zero-order valence-corrected chi connectivity index (χ0v) is 16.7. The predicted octanol–water partition coefficient (Wildman–Crippen LogP) is 1.59. The van der Waals surface area contributed by atoms with E-state index in [0.717, 1.165) is 31.5 Å². The van der Waals surface area contributed by atoms with E-state index in [4.69, 9.17) is 9.47 Å². The molecule has 2 aliphatic heterocycles. The lowest BCUT2D eigenvalue weighted by Crippen LogP contribution is -2.51. The average Bonchev–Trinajstić information content (AvgIpc) is 3.21. The topological polar surface area (TPSA) is 76.9 Å². The molecule has 0 unspecified atom stereocenters. The fourth-order valence-corrected chi connectivity index (χ4v) is 3.90. The van der Waals surface area contributed by atoms with Crippen molar-refractivity contribution in [2.45, 2.75) is 25.8 Å². The van der Waals surface area contributed by atoms with Crippen molar-refractivity contribution in [2.24, 2.45) is 0 Å². The van der Waals surface area contributed by atoms with Crippen molar-refractivity contribution in [2.75, 3.05) is 39.9 Å². The summed E-state index contributed by atoms with van der Waals surface area (Å²) in [7, 11) is 1.57. The number of aryl methyl sites for hydroxylation is 1. The zero-order chi connectivity index (χ0) is 20.2. The lowest BCUT2D eigenvalue weighted by Gasteiger charge is -2.34. The summed E-state index contributed by atoms with van der Waals surface area (Å²) in [6.45, 7) is 2.88. The molecule has 8 nitrogen and oxygen atoms in total. The molecule has 1 saturated heterocycles. The van der Waals surface area contributed by atoms with Gasteiger partial charge in [-0.1, -0.05) is 12.1 Å². The molecule has 0 saturated carbocycles. The highest BCUT2D eigenvalue weighted by atomic mass is 16.5. The van der Waals surface area contributed by atoms with Crippen LogP contribution in [0, 0.1) is 0 Å². The normalized spacial score (nSPS) is 16.3. The molecule has 1 fully saturated rings. The van der Waals surface area contributed by atoms with Gasteiger partial charge in [-0.3, -0.25) is 14.3 Å². The zero-order valence-electron chi connectivity index (χ0n) is 16.7. The van der Waals surface area contributed by atoms with Crippen LogP contribution in [-0.2, 0) is 17.8 Å². The fraction of sp³-hybridized carbons (Fsp3) is 0.476. The molecule has 0 aliphatic carbocycles. The minimum Gasteiger partial charge on any atom is -0.493 e. The molecule has 8 heteroatoms. The number of piperazine rings is 1. The second-order valence-corrected chi connectivity index (χ2v) is 7.30. The molecular weight excluding hydrogens is 372 g/mol. The Labute approximate surface area is 170 Å². The van der Waals surface area contributed by atoms with Gasteiger partial charge >= 0.3 is 0 Å². The van der Waals surface area contributed by atoms with E-state index in [0.29, 0.717) is 43.2 Å². The fourth-order valence-electron chi connectivity index (χ4n) is 3.90. The summed E-state index contributed by atoms with van der Waals surface area (Å²) in [6.07, 6.45) is 4.81. The highest BCUT2D eigenvalue weighted by Gasteiger charge is 2.28. The van der Waals surface area contributed by atoms with E-state index in [1.807, 2.05) is 21.7 Å². The van der Waals surface area contributed by atoms with Crippen molar-refractivity contribution in [3.05, 3.63) is 41.7 Å². The molecule has 3 heterocycles. The third kappa shape index (κ3) is 4.06. The van der Waals surface area contributed by atoms with Gasteiger partial charge < -0.3 is 19.3 Å². The molecule has 0 atom stereocenters. The molecule has 154 valence electrons. The molecule has 1 aromatic carbocycles. The van der Waals surface area contributed by atoms with Crippen molar-refractivity contribution in [1.82, 2.24) is 19.6 Å². The quantitative estimate of drug-likeness (QED) is 0.765. The van der Waals surface area contributed by atoms with Crippen LogP contribution >= 0.6 is 0 Å². The number of benzene rings is 1. The smallest absolute Gasteiger partial charge is 0.260 e. The van der Waals surface area contributed by atoms with E-state index in [-0.39, 0.29) is 18.4 Å². The van der Waals surface area contributed by atoms with Crippen LogP contribution in [0.1, 0.15) is 28.9 Å². The van der Waals surface area contributed by atoms with Gasteiger partial charge in [-0.05, 0) is 31.4 Å². The van der Waals surface area contributed by atoms with Crippen molar-refractivity contribution < 1.29 is 19.1 Å². The van der Waals surface area contributed by atoms with E-state index >= 15 is 0 Å². The van der Waals surface area contributed by atoms with Gasteiger partial charge in [0.05, 0.1) is 24.6 Å². The Hall–Kier alpha value is -3.03. The van der Waals surface area contributed by atoms with Crippen LogP contribution in [0.15, 0.2) is 30.5 Å². The maximum absolute atomic E-state index is 12.9. The van der Waals surface area contributed by atoms with Crippen LogP contribution in [0.25, 0.3) is 0 Å². The summed E-state index contributed by atoms with van der Waals surface area (Å²) in [5.41, 5.74) is 1.76. The van der Waals surface area contributed by atoms with Crippen molar-refractivity contribution in [3.63, 3.8) is 0 Å². The number of rotatable bonds is 5. The van der Waals surface area contributed by atoms with Crippen LogP contribution < -0.4 is 9.47 Å². The number of fused-ring (bicyclic) bond motifs is 1. The molecule has 29 heavy (non-hydrogen) atoms. The summed E-state index contributed by atoms with van der Waals surface area (Å²) in [5.74, 6) is 1.07. The van der Waals surface area contributed by atoms with Gasteiger partial charge in [0.1, 0.15) is 0 Å². The van der Waals surface area contributed by atoms with Gasteiger partial charge in [-0.15, -0.1) is 0 Å². The van der Waals surface area contributed by atoms with Gasteiger partial charge in [-0.2, -0.15) is 5.10 Å². The standard InChI is InChI=1S/C21H26N4O4/c1-28-18-7-2-3-8-19(18)29-15-20(26)23-10-12-24(13-11-23)21(27)16-14-22-25-9-5-4-6-17(16)25/h2-3,7-8,14H,4-6,9-13,15H2,1H3. The Kier molecular flexibility index (Phi) is 5.69. The molecule has 2 amide bonds. The number of hydrogen-bond acceptors (Lipinski definition) is 5. The van der Waals surface area contributed by atoms with Gasteiger partial charge in [0, 0.05) is 32.7 Å². The summed E-state index contributed by atoms with van der Waals surface area (Å²) < 4.78 is 12.8. The molecule has 2 aromatic rings. The molecule has 2 aliphatic rings. The Balaban J connectivity index is 1.30. The molecule has 1 aromatic heterocycles. The predicted molar refractivity (Wildman–Crippen MR) is 106 cm³/mol. The summed E-state index contributed by atoms with van der Waals surface area (Å²) >= 11 is 0. The Morgan fingerprint density at radius 2 is 1.72 bits per heavy atom. The first-order valence-electron chi connectivity index (χ1n) is 10.0. The third-order valence-electron chi connectivity index (χ3n) is 5.55. The first-order valence-corrected chi connectivity index (χ1v) is 10.0. The van der Waals surface area contributed by atoms with Crippen molar-refractivity contribution in [1.29, 1.82) is 0 Å². The van der Waals surface area contributed by atoms with Gasteiger partial charge in [0.2, 0.25) is 0 Å². The minimum absolute atomic E-state index is 0.0190. The molecule has 4 rings (SSSR count). The molecule has 0 spiro atoms. The van der Waals surface area contributed by atoms with Crippen LogP contribution in [0.2, 0.25) is 0 Å². The second-order valence-electron chi connectivity index (χ2n) is 7.30. The summed E-state index contributed by atoms with van der Waals surface area (Å²) in [5, 5.41) is 4.36. The number of para-hydroxylation sites is 2. The summed E-state index contributed by atoms with van der Waals surface area (Å²) in [6, 6.07) is 7.25. The Morgan fingerprint density at radius 1 is 1.00 bits per heavy atom. The largest absolute Gasteiger partial charge is 0.493 e. The number of methoxy groups -OCH3 is 1. The molecule has 0 N–H and O–H groups in total. The number of hydrogen-bond donors (Lipinski definition) is 0. The Bertz CT molecular complexity index is 887. The highest BCUT2D eigenvalue weighted by Crippen LogP contribution is 2.26. The van der Waals surface area contributed by atoms with Gasteiger partial charge in [0.25, 0.3) is 11.8 Å². The monoisotopic (exact) mass is 398 g/mol. The van der Waals surface area contributed by atoms with Gasteiger partial charge in [-0.25, -0.2) is 0 Å². The van der Waals surface area contributed by atoms with Gasteiger partial charge in [0.15, 0.2) is 18.1 Å². The first kappa shape index (κ1) is 19.3. The van der Waals surface area contributed by atoms with E-state index in [9.17, 15) is 9.59 Å². The van der Waals surface area contributed by atoms with E-state index in [1.54, 1.807) is 30.3 Å². The number of nitrogens with zero attached hydrogens (tertiary/aromatic N) is 4. The van der Waals surface area contributed by atoms with Crippen LogP contribution in [0.3, 0.4) is 0 Å². The Morgan fingerprint density at radius 3 is 2.48 bits per heavy atom. The van der Waals surface area contributed by atoms with Crippen LogP contribution in [0.5, 0.6) is 11.5 Å². The average molecular weight is 398 g/mol. The van der Waals surface area contributed by atoms with E-state index in [2.05, 4.69) is 5.10 Å².